The van der Waals surface area contributed by atoms with E-state index in [2.05, 4.69) is 12.2 Å². The molecule has 62 valence electrons. The molecule has 1 rings (SSSR count). The van der Waals surface area contributed by atoms with E-state index >= 15 is 0 Å². The van der Waals surface area contributed by atoms with Crippen molar-refractivity contribution in [2.24, 2.45) is 5.92 Å². The number of rotatable bonds is 1. The molecule has 10 heavy (non-hydrogen) atoms. The van der Waals surface area contributed by atoms with Crippen molar-refractivity contribution in [1.29, 1.82) is 0 Å². The zero-order valence-corrected chi connectivity index (χ0v) is 7.15. The first kappa shape index (κ1) is 9.89. The van der Waals surface area contributed by atoms with E-state index in [0.29, 0.717) is 5.92 Å². The largest absolute Gasteiger partial charge is 0.311 e. The highest BCUT2D eigenvalue weighted by Crippen LogP contribution is 2.12. The minimum atomic E-state index is -0.204. The Balaban J connectivity index is 0.000000371. The highest BCUT2D eigenvalue weighted by molar-refractivity contribution is 4.77. The summed E-state index contributed by atoms with van der Waals surface area (Å²) in [7, 11) is 0. The van der Waals surface area contributed by atoms with Gasteiger partial charge >= 0.3 is 0 Å². The summed E-state index contributed by atoms with van der Waals surface area (Å²) >= 11 is 0. The Morgan fingerprint density at radius 1 is 1.50 bits per heavy atom. The summed E-state index contributed by atoms with van der Waals surface area (Å²) in [6.45, 7) is 6.93. The molecule has 1 saturated heterocycles. The molecule has 1 heterocycles. The Morgan fingerprint density at radius 2 is 2.10 bits per heavy atom. The zero-order chi connectivity index (χ0) is 7.98. The highest BCUT2D eigenvalue weighted by atomic mass is 19.1. The third-order valence-electron chi connectivity index (χ3n) is 1.63. The number of nitrogens with one attached hydrogen (secondary N) is 1. The van der Waals surface area contributed by atoms with Gasteiger partial charge in [-0.1, -0.05) is 20.8 Å². The maximum atomic E-state index is 11.8. The van der Waals surface area contributed by atoms with Crippen LogP contribution in [0.1, 0.15) is 27.2 Å². The van der Waals surface area contributed by atoms with E-state index < -0.39 is 0 Å². The van der Waals surface area contributed by atoms with Crippen LogP contribution in [0.25, 0.3) is 0 Å². The van der Waals surface area contributed by atoms with Crippen LogP contribution in [0.3, 0.4) is 0 Å². The van der Waals surface area contributed by atoms with Crippen molar-refractivity contribution in [3.05, 3.63) is 0 Å². The molecule has 0 aliphatic carbocycles. The summed E-state index contributed by atoms with van der Waals surface area (Å²) < 4.78 is 11.8. The highest BCUT2D eigenvalue weighted by Gasteiger charge is 2.19. The summed E-state index contributed by atoms with van der Waals surface area (Å²) in [5.74, 6) is 0.677. The van der Waals surface area contributed by atoms with Crippen molar-refractivity contribution in [2.45, 2.75) is 33.2 Å². The third kappa shape index (κ3) is 3.16. The summed E-state index contributed by atoms with van der Waals surface area (Å²) in [5.41, 5.74) is 0. The Bertz CT molecular complexity index is 75.7. The van der Waals surface area contributed by atoms with Gasteiger partial charge < -0.3 is 5.32 Å². The second-order valence-electron chi connectivity index (χ2n) is 2.60. The van der Waals surface area contributed by atoms with Crippen LogP contribution in [0.2, 0.25) is 0 Å². The van der Waals surface area contributed by atoms with Crippen LogP contribution < -0.4 is 5.32 Å². The molecule has 0 amide bonds. The lowest BCUT2D eigenvalue weighted by Gasteiger charge is -2.00. The van der Waals surface area contributed by atoms with Gasteiger partial charge in [-0.15, -0.1) is 0 Å². The predicted octanol–water partition coefficient (Wildman–Crippen LogP) is 1.98. The van der Waals surface area contributed by atoms with E-state index in [0.717, 1.165) is 13.0 Å². The summed E-state index contributed by atoms with van der Waals surface area (Å²) in [6.07, 6.45) is 1.01. The quantitative estimate of drug-likeness (QED) is 0.598. The van der Waals surface area contributed by atoms with Gasteiger partial charge in [-0.3, -0.25) is 0 Å². The second kappa shape index (κ2) is 5.66. The Hall–Kier alpha value is -0.110. The molecule has 0 aromatic carbocycles. The Morgan fingerprint density at radius 3 is 2.30 bits per heavy atom. The van der Waals surface area contributed by atoms with E-state index in [4.69, 9.17) is 0 Å². The van der Waals surface area contributed by atoms with Gasteiger partial charge in [0.2, 0.25) is 0 Å². The first-order valence-corrected chi connectivity index (χ1v) is 4.12. The van der Waals surface area contributed by atoms with Gasteiger partial charge in [-0.05, 0) is 18.9 Å². The minimum Gasteiger partial charge on any atom is -0.311 e. The molecule has 0 aromatic heterocycles. The third-order valence-corrected chi connectivity index (χ3v) is 1.63. The molecule has 1 aliphatic heterocycles. The topological polar surface area (TPSA) is 12.0 Å². The molecular weight excluding hydrogens is 129 g/mol. The van der Waals surface area contributed by atoms with Crippen LogP contribution in [-0.2, 0) is 0 Å². The fourth-order valence-corrected chi connectivity index (χ4v) is 1.14. The van der Waals surface area contributed by atoms with Gasteiger partial charge in [-0.2, -0.15) is 0 Å². The molecule has 1 N–H and O–H groups in total. The average molecular weight is 147 g/mol. The van der Waals surface area contributed by atoms with E-state index in [1.165, 1.54) is 0 Å². The van der Waals surface area contributed by atoms with E-state index in [-0.39, 0.29) is 12.7 Å². The number of hydrogen-bond acceptors (Lipinski definition) is 1. The van der Waals surface area contributed by atoms with Crippen molar-refractivity contribution in [2.75, 3.05) is 13.2 Å². The van der Waals surface area contributed by atoms with Crippen molar-refractivity contribution >= 4 is 0 Å². The van der Waals surface area contributed by atoms with E-state index in [1.807, 2.05) is 13.8 Å². The molecule has 0 radical (unpaired) electrons. The normalized spacial score (nSPS) is 31.2. The number of hydrogen-bond donors (Lipinski definition) is 1. The molecule has 1 nitrogen and oxygen atoms in total. The molecule has 0 saturated carbocycles. The monoisotopic (exact) mass is 147 g/mol. The fraction of sp³-hybridized carbons (Fsp3) is 1.00. The first-order valence-electron chi connectivity index (χ1n) is 4.12. The van der Waals surface area contributed by atoms with Crippen LogP contribution in [0.4, 0.5) is 4.39 Å². The van der Waals surface area contributed by atoms with Gasteiger partial charge in [-0.25, -0.2) is 4.39 Å². The van der Waals surface area contributed by atoms with Crippen molar-refractivity contribution in [1.82, 2.24) is 5.32 Å². The second-order valence-corrected chi connectivity index (χ2v) is 2.60. The molecule has 0 bridgehead atoms. The lowest BCUT2D eigenvalue weighted by Crippen LogP contribution is -2.22. The summed E-state index contributed by atoms with van der Waals surface area (Å²) in [5, 5.41) is 3.08. The number of alkyl halides is 1. The predicted molar refractivity (Wildman–Crippen MR) is 42.9 cm³/mol. The van der Waals surface area contributed by atoms with Crippen LogP contribution in [-0.4, -0.2) is 19.3 Å². The summed E-state index contributed by atoms with van der Waals surface area (Å²) in [4.78, 5) is 0. The van der Waals surface area contributed by atoms with Gasteiger partial charge in [0.25, 0.3) is 0 Å². The smallest absolute Gasteiger partial charge is 0.105 e. The maximum absolute atomic E-state index is 11.8. The maximum Gasteiger partial charge on any atom is 0.105 e. The standard InChI is InChI=1S/C6H12FN.C2H6/c1-5-2-6(3-7)8-4-5;1-2/h5-6,8H,2-4H2,1H3;1-2H3. The molecule has 0 aromatic rings. The zero-order valence-electron chi connectivity index (χ0n) is 7.15. The molecule has 1 aliphatic rings. The molecule has 2 heteroatoms. The lowest BCUT2D eigenvalue weighted by molar-refractivity contribution is 0.401. The average Bonchev–Trinajstić information content (AvgIpc) is 2.40. The van der Waals surface area contributed by atoms with Gasteiger partial charge in [0, 0.05) is 6.04 Å². The summed E-state index contributed by atoms with van der Waals surface area (Å²) in [6, 6.07) is 0.157. The molecule has 2 unspecified atom stereocenters. The fourth-order valence-electron chi connectivity index (χ4n) is 1.14. The van der Waals surface area contributed by atoms with E-state index in [1.54, 1.807) is 0 Å². The van der Waals surface area contributed by atoms with Gasteiger partial charge in [0.05, 0.1) is 0 Å². The SMILES string of the molecule is CC.CC1CNC(CF)C1. The van der Waals surface area contributed by atoms with Crippen molar-refractivity contribution in [3.63, 3.8) is 0 Å². The Labute approximate surface area is 63.0 Å². The van der Waals surface area contributed by atoms with Crippen LogP contribution >= 0.6 is 0 Å². The van der Waals surface area contributed by atoms with Crippen molar-refractivity contribution < 1.29 is 4.39 Å². The van der Waals surface area contributed by atoms with Crippen LogP contribution in [0, 0.1) is 5.92 Å². The Kier molecular flexibility index (Phi) is 5.60. The first-order chi connectivity index (χ1) is 4.83. The van der Waals surface area contributed by atoms with Gasteiger partial charge in [0.1, 0.15) is 6.67 Å². The molecule has 1 fully saturated rings. The van der Waals surface area contributed by atoms with Gasteiger partial charge in [0.15, 0.2) is 0 Å². The molecule has 2 atom stereocenters. The lowest BCUT2D eigenvalue weighted by atomic mass is 10.1. The molecular formula is C8H18FN. The van der Waals surface area contributed by atoms with Crippen molar-refractivity contribution in [3.8, 4) is 0 Å². The number of halogens is 1. The van der Waals surface area contributed by atoms with Crippen LogP contribution in [0.5, 0.6) is 0 Å². The van der Waals surface area contributed by atoms with Crippen LogP contribution in [0.15, 0.2) is 0 Å². The molecule has 0 spiro atoms. The van der Waals surface area contributed by atoms with E-state index in [9.17, 15) is 4.39 Å². The minimum absolute atomic E-state index is 0.157.